The van der Waals surface area contributed by atoms with Crippen LogP contribution < -0.4 is 0 Å². The lowest BCUT2D eigenvalue weighted by Gasteiger charge is -2.28. The van der Waals surface area contributed by atoms with Crippen molar-refractivity contribution in [3.8, 4) is 22.3 Å². The van der Waals surface area contributed by atoms with Gasteiger partial charge in [-0.1, -0.05) is 187 Å². The molecule has 3 unspecified atom stereocenters. The molecule has 0 radical (unpaired) electrons. The lowest BCUT2D eigenvalue weighted by atomic mass is 9.77. The van der Waals surface area contributed by atoms with E-state index in [9.17, 15) is 0 Å². The molecular weight excluding hydrogens is 723 g/mol. The standard InChI is InChI=1S/C32H34F2.C9H12.C8H12.C8H10/c1-19-7-11-25(12-8-19)21(3)22(4)26-15-17-28(18-16-26)30-24(6)23(5)29(31(33)32(30)34)27-13-9-20(2)10-14-27;1-3-9-6-4-8(2)5-7-9;2*1-7-3-5-8(2)6-4-7/h7-11,13-18,21-22,25H,12H2,1-6H3;4-7H,3H2,1-2H3;3,5H,4,6H2,1-2H3;3-6H,1-2H3. The van der Waals surface area contributed by atoms with Crippen molar-refractivity contribution in [2.45, 2.75) is 115 Å². The van der Waals surface area contributed by atoms with Crippen LogP contribution in [0, 0.1) is 65.0 Å². The molecule has 0 N–H and O–H groups in total. The topological polar surface area (TPSA) is 0 Å². The molecule has 7 rings (SSSR count). The summed E-state index contributed by atoms with van der Waals surface area (Å²) in [5, 5.41) is 0. The molecule has 0 saturated carbocycles. The van der Waals surface area contributed by atoms with E-state index in [1.165, 1.54) is 57.4 Å². The van der Waals surface area contributed by atoms with Gasteiger partial charge in [0.2, 0.25) is 0 Å². The van der Waals surface area contributed by atoms with Crippen LogP contribution in [0.15, 0.2) is 144 Å². The highest BCUT2D eigenvalue weighted by Crippen LogP contribution is 2.40. The van der Waals surface area contributed by atoms with Crippen molar-refractivity contribution >= 4 is 0 Å². The van der Waals surface area contributed by atoms with Crippen LogP contribution in [0.2, 0.25) is 0 Å². The van der Waals surface area contributed by atoms with Crippen LogP contribution in [0.25, 0.3) is 22.3 Å². The van der Waals surface area contributed by atoms with Gasteiger partial charge in [0.25, 0.3) is 0 Å². The smallest absolute Gasteiger partial charge is 0.167 e. The molecule has 310 valence electrons. The Morgan fingerprint density at radius 3 is 1.31 bits per heavy atom. The first-order valence-electron chi connectivity index (χ1n) is 21.5. The van der Waals surface area contributed by atoms with Crippen molar-refractivity contribution in [2.75, 3.05) is 0 Å². The molecule has 0 aromatic heterocycles. The summed E-state index contributed by atoms with van der Waals surface area (Å²) < 4.78 is 30.8. The van der Waals surface area contributed by atoms with Gasteiger partial charge in [0.1, 0.15) is 0 Å². The SMILES string of the molecule is CC1=CC=C(C)CC1.CC1=CCC(C(C)C(C)c2ccc(-c3c(C)c(C)c(-c4ccc(C)cc4)c(F)c3F)cc2)C=C1.CCc1ccc(C)cc1.Cc1ccc(C)cc1. The maximum atomic E-state index is 15.4. The van der Waals surface area contributed by atoms with E-state index in [2.05, 4.69) is 153 Å². The third kappa shape index (κ3) is 13.5. The Balaban J connectivity index is 0.000000245. The van der Waals surface area contributed by atoms with E-state index >= 15 is 8.78 Å². The van der Waals surface area contributed by atoms with E-state index in [0.29, 0.717) is 40.0 Å². The minimum Gasteiger partial charge on any atom is -0.203 e. The first-order chi connectivity index (χ1) is 28.1. The van der Waals surface area contributed by atoms with Gasteiger partial charge in [0.05, 0.1) is 0 Å². The van der Waals surface area contributed by atoms with Crippen molar-refractivity contribution in [1.82, 2.24) is 0 Å². The number of hydrogen-bond donors (Lipinski definition) is 0. The Morgan fingerprint density at radius 2 is 0.932 bits per heavy atom. The van der Waals surface area contributed by atoms with E-state index in [4.69, 9.17) is 0 Å². The molecule has 0 amide bonds. The predicted octanol–water partition coefficient (Wildman–Crippen LogP) is 17.0. The van der Waals surface area contributed by atoms with E-state index in [0.717, 1.165) is 29.5 Å². The summed E-state index contributed by atoms with van der Waals surface area (Å²) >= 11 is 0. The predicted molar refractivity (Wildman–Crippen MR) is 253 cm³/mol. The first-order valence-corrected chi connectivity index (χ1v) is 21.5. The van der Waals surface area contributed by atoms with Crippen molar-refractivity contribution in [3.63, 3.8) is 0 Å². The van der Waals surface area contributed by atoms with Crippen molar-refractivity contribution in [2.24, 2.45) is 11.8 Å². The summed E-state index contributed by atoms with van der Waals surface area (Å²) in [6, 6.07) is 32.7. The lowest BCUT2D eigenvalue weighted by Crippen LogP contribution is -2.17. The molecule has 0 fully saturated rings. The van der Waals surface area contributed by atoms with Crippen molar-refractivity contribution in [1.29, 1.82) is 0 Å². The maximum Gasteiger partial charge on any atom is 0.167 e. The summed E-state index contributed by atoms with van der Waals surface area (Å²) in [7, 11) is 0. The largest absolute Gasteiger partial charge is 0.203 e. The number of rotatable bonds is 6. The number of hydrogen-bond acceptors (Lipinski definition) is 0. The molecule has 0 heterocycles. The summed E-state index contributed by atoms with van der Waals surface area (Å²) in [4.78, 5) is 0. The summed E-state index contributed by atoms with van der Waals surface area (Å²) in [6.07, 6.45) is 16.0. The van der Waals surface area contributed by atoms with E-state index < -0.39 is 11.6 Å². The van der Waals surface area contributed by atoms with Gasteiger partial charge in [-0.3, -0.25) is 0 Å². The number of allylic oxidation sites excluding steroid dienone is 8. The molecule has 5 aromatic carbocycles. The lowest BCUT2D eigenvalue weighted by molar-refractivity contribution is 0.371. The molecular formula is C57H68F2. The van der Waals surface area contributed by atoms with Gasteiger partial charge < -0.3 is 0 Å². The van der Waals surface area contributed by atoms with Gasteiger partial charge in [0.15, 0.2) is 11.6 Å². The number of halogens is 2. The fourth-order valence-corrected chi connectivity index (χ4v) is 7.40. The van der Waals surface area contributed by atoms with Crippen LogP contribution in [0.4, 0.5) is 8.78 Å². The molecule has 0 bridgehead atoms. The van der Waals surface area contributed by atoms with Gasteiger partial charge in [0, 0.05) is 11.1 Å². The van der Waals surface area contributed by atoms with E-state index in [-0.39, 0.29) is 0 Å². The Hall–Kier alpha value is -5.08. The Morgan fingerprint density at radius 1 is 0.542 bits per heavy atom. The molecule has 0 saturated heterocycles. The highest BCUT2D eigenvalue weighted by Gasteiger charge is 2.25. The third-order valence-corrected chi connectivity index (χ3v) is 12.1. The number of benzene rings is 5. The average molecular weight is 791 g/mol. The summed E-state index contributed by atoms with van der Waals surface area (Å²) in [5.41, 5.74) is 15.7. The molecule has 3 atom stereocenters. The van der Waals surface area contributed by atoms with Crippen LogP contribution in [-0.2, 0) is 6.42 Å². The average Bonchev–Trinajstić information content (AvgIpc) is 3.24. The second-order valence-corrected chi connectivity index (χ2v) is 17.0. The van der Waals surface area contributed by atoms with Crippen molar-refractivity contribution in [3.05, 3.63) is 200 Å². The zero-order valence-electron chi connectivity index (χ0n) is 37.9. The van der Waals surface area contributed by atoms with Crippen LogP contribution in [0.1, 0.15) is 111 Å². The van der Waals surface area contributed by atoms with E-state index in [1.807, 2.05) is 57.2 Å². The molecule has 2 aliphatic rings. The fraction of sp³-hybridized carbons (Fsp3) is 0.333. The van der Waals surface area contributed by atoms with Crippen LogP contribution in [-0.4, -0.2) is 0 Å². The van der Waals surface area contributed by atoms with Gasteiger partial charge >= 0.3 is 0 Å². The van der Waals surface area contributed by atoms with Crippen LogP contribution in [0.3, 0.4) is 0 Å². The highest BCUT2D eigenvalue weighted by atomic mass is 19.2. The molecule has 0 aliphatic heterocycles. The second-order valence-electron chi connectivity index (χ2n) is 17.0. The fourth-order valence-electron chi connectivity index (χ4n) is 7.40. The van der Waals surface area contributed by atoms with Gasteiger partial charge in [-0.15, -0.1) is 0 Å². The minimum atomic E-state index is -0.777. The molecule has 0 spiro atoms. The third-order valence-electron chi connectivity index (χ3n) is 12.1. The van der Waals surface area contributed by atoms with Gasteiger partial charge in [-0.25, -0.2) is 8.78 Å². The Kier molecular flexibility index (Phi) is 17.6. The molecule has 0 nitrogen and oxygen atoms in total. The summed E-state index contributed by atoms with van der Waals surface area (Å²) in [6.45, 7) is 25.3. The molecule has 59 heavy (non-hydrogen) atoms. The minimum absolute atomic E-state index is 0.350. The normalized spacial score (nSPS) is 15.4. The Labute approximate surface area is 356 Å². The summed E-state index contributed by atoms with van der Waals surface area (Å²) in [5.74, 6) is -0.186. The first kappa shape index (κ1) is 46.6. The van der Waals surface area contributed by atoms with Crippen molar-refractivity contribution < 1.29 is 8.78 Å². The zero-order chi connectivity index (χ0) is 43.2. The van der Waals surface area contributed by atoms with Crippen LogP contribution >= 0.6 is 0 Å². The van der Waals surface area contributed by atoms with E-state index in [1.54, 1.807) is 0 Å². The Bertz CT molecular complexity index is 2160. The molecule has 2 heteroatoms. The van der Waals surface area contributed by atoms with Crippen LogP contribution in [0.5, 0.6) is 0 Å². The van der Waals surface area contributed by atoms with Gasteiger partial charge in [-0.05, 0) is 139 Å². The highest BCUT2D eigenvalue weighted by molar-refractivity contribution is 5.78. The monoisotopic (exact) mass is 791 g/mol. The maximum absolute atomic E-state index is 15.4. The molecule has 2 aliphatic carbocycles. The second kappa shape index (κ2) is 22.3. The molecule has 5 aromatic rings. The zero-order valence-corrected chi connectivity index (χ0v) is 37.9. The number of aryl methyl sites for hydroxylation is 5. The van der Waals surface area contributed by atoms with Gasteiger partial charge in [-0.2, -0.15) is 0 Å². The quantitative estimate of drug-likeness (QED) is 0.161.